The predicted molar refractivity (Wildman–Crippen MR) is 173 cm³/mol. The van der Waals surface area contributed by atoms with Crippen LogP contribution in [0.1, 0.15) is 22.6 Å². The van der Waals surface area contributed by atoms with Crippen LogP contribution in [0.25, 0.3) is 27.5 Å². The number of hydrogen-bond donors (Lipinski definition) is 0. The molecule has 0 fully saturated rings. The first-order chi connectivity index (χ1) is 20.9. The quantitative estimate of drug-likeness (QED) is 0.195. The molecule has 42 heavy (non-hydrogen) atoms. The third-order valence-electron chi connectivity index (χ3n) is 8.19. The van der Waals surface area contributed by atoms with Gasteiger partial charge in [-0.1, -0.05) is 115 Å². The Bertz CT molecular complexity index is 2050. The Morgan fingerprint density at radius 2 is 0.976 bits per heavy atom. The average molecular weight is 539 g/mol. The van der Waals surface area contributed by atoms with Gasteiger partial charge >= 0.3 is 0 Å². The second-order valence-corrected chi connectivity index (χ2v) is 10.6. The summed E-state index contributed by atoms with van der Waals surface area (Å²) in [6.45, 7) is 0. The number of aromatic nitrogens is 1. The lowest BCUT2D eigenvalue weighted by Crippen LogP contribution is -2.22. The smallest absolute Gasteiger partial charge is 0.238 e. The summed E-state index contributed by atoms with van der Waals surface area (Å²) in [4.78, 5) is 0. The standard InChI is InChI=1S/C39H28N3/c1-4-14-28(15-5-1)37-38(29-16-6-2-7-17-29)40-42(39(37)30-18-8-3-9-19-30)32-26-24-31(25-27-32)41-35-22-12-10-20-33(35)34-21-11-13-23-36(34)41/h1-27,37H/q+1. The van der Waals surface area contributed by atoms with Crippen LogP contribution in [0.5, 0.6) is 0 Å². The second kappa shape index (κ2) is 10.1. The zero-order valence-corrected chi connectivity index (χ0v) is 23.0. The second-order valence-electron chi connectivity index (χ2n) is 10.6. The molecule has 0 N–H and O–H groups in total. The van der Waals surface area contributed by atoms with Gasteiger partial charge in [0.15, 0.2) is 0 Å². The van der Waals surface area contributed by atoms with Crippen molar-refractivity contribution in [1.29, 1.82) is 0 Å². The fourth-order valence-corrected chi connectivity index (χ4v) is 6.30. The van der Waals surface area contributed by atoms with Crippen molar-refractivity contribution in [1.82, 2.24) is 4.57 Å². The van der Waals surface area contributed by atoms with E-state index in [0.717, 1.165) is 33.9 Å². The average Bonchev–Trinajstić information content (AvgIpc) is 3.63. The number of benzene rings is 6. The maximum absolute atomic E-state index is 5.34. The first-order valence-corrected chi connectivity index (χ1v) is 14.4. The van der Waals surface area contributed by atoms with Gasteiger partial charge in [-0.15, -0.1) is 0 Å². The number of hydrogen-bond acceptors (Lipinski definition) is 1. The van der Waals surface area contributed by atoms with Gasteiger partial charge in [0, 0.05) is 44.8 Å². The minimum Gasteiger partial charge on any atom is -0.309 e. The van der Waals surface area contributed by atoms with E-state index in [1.807, 2.05) is 0 Å². The number of nitrogens with zero attached hydrogens (tertiary/aromatic N) is 3. The molecular formula is C39H28N3+. The summed E-state index contributed by atoms with van der Waals surface area (Å²) in [5.74, 6) is -0.00647. The zero-order valence-electron chi connectivity index (χ0n) is 23.0. The number of fused-ring (bicyclic) bond motifs is 3. The van der Waals surface area contributed by atoms with Gasteiger partial charge in [0.1, 0.15) is 11.6 Å². The molecule has 0 amide bonds. The van der Waals surface area contributed by atoms with Crippen LogP contribution >= 0.6 is 0 Å². The third kappa shape index (κ3) is 3.98. The highest BCUT2D eigenvalue weighted by Gasteiger charge is 2.41. The summed E-state index contributed by atoms with van der Waals surface area (Å²) in [6.07, 6.45) is 0. The van der Waals surface area contributed by atoms with Gasteiger partial charge in [0.05, 0.1) is 11.0 Å². The molecule has 7 aromatic rings. The van der Waals surface area contributed by atoms with E-state index >= 15 is 0 Å². The summed E-state index contributed by atoms with van der Waals surface area (Å²) in [7, 11) is 0. The van der Waals surface area contributed by atoms with Gasteiger partial charge in [0.2, 0.25) is 11.4 Å². The highest BCUT2D eigenvalue weighted by Crippen LogP contribution is 2.36. The van der Waals surface area contributed by atoms with Gasteiger partial charge in [0.25, 0.3) is 0 Å². The Kier molecular flexibility index (Phi) is 5.86. The van der Waals surface area contributed by atoms with Crippen molar-refractivity contribution in [2.75, 3.05) is 0 Å². The van der Waals surface area contributed by atoms with Crippen LogP contribution in [0.15, 0.2) is 169 Å². The van der Waals surface area contributed by atoms with Gasteiger partial charge in [-0.25, -0.2) is 0 Å². The van der Waals surface area contributed by atoms with Crippen LogP contribution in [-0.2, 0) is 0 Å². The minimum atomic E-state index is -0.00647. The van der Waals surface area contributed by atoms with Gasteiger partial charge < -0.3 is 4.57 Å². The molecule has 2 heterocycles. The molecular weight excluding hydrogens is 510 g/mol. The highest BCUT2D eigenvalue weighted by molar-refractivity contribution is 6.24. The van der Waals surface area contributed by atoms with Crippen LogP contribution in [0.3, 0.4) is 0 Å². The molecule has 6 aromatic carbocycles. The first-order valence-electron chi connectivity index (χ1n) is 14.4. The summed E-state index contributed by atoms with van der Waals surface area (Å²) >= 11 is 0. The van der Waals surface area contributed by atoms with Crippen LogP contribution < -0.4 is 0 Å². The topological polar surface area (TPSA) is 20.3 Å². The molecule has 0 saturated heterocycles. The van der Waals surface area contributed by atoms with Gasteiger partial charge in [-0.3, -0.25) is 0 Å². The Morgan fingerprint density at radius 3 is 1.57 bits per heavy atom. The van der Waals surface area contributed by atoms with E-state index in [0.29, 0.717) is 0 Å². The normalized spacial score (nSPS) is 15.0. The molecule has 1 aromatic heterocycles. The molecule has 0 aliphatic carbocycles. The lowest BCUT2D eigenvalue weighted by Gasteiger charge is -2.13. The van der Waals surface area contributed by atoms with Crippen molar-refractivity contribution in [3.05, 3.63) is 180 Å². The fourth-order valence-electron chi connectivity index (χ4n) is 6.30. The maximum atomic E-state index is 5.34. The van der Waals surface area contributed by atoms with Crippen molar-refractivity contribution in [3.8, 4) is 5.69 Å². The summed E-state index contributed by atoms with van der Waals surface area (Å²) < 4.78 is 4.50. The first kappa shape index (κ1) is 24.3. The molecule has 1 aliphatic rings. The molecule has 198 valence electrons. The zero-order chi connectivity index (χ0) is 27.9. The lowest BCUT2D eigenvalue weighted by molar-refractivity contribution is -0.441. The van der Waals surface area contributed by atoms with Crippen molar-refractivity contribution in [2.24, 2.45) is 5.10 Å². The Hall–Kier alpha value is -5.54. The largest absolute Gasteiger partial charge is 0.309 e. The van der Waals surface area contributed by atoms with E-state index in [2.05, 4.69) is 173 Å². The molecule has 0 spiro atoms. The van der Waals surface area contributed by atoms with Crippen LogP contribution in [-0.4, -0.2) is 20.7 Å². The minimum absolute atomic E-state index is 0.00647. The van der Waals surface area contributed by atoms with E-state index in [9.17, 15) is 0 Å². The Labute approximate surface area is 245 Å². The van der Waals surface area contributed by atoms with E-state index in [-0.39, 0.29) is 5.92 Å². The molecule has 3 heteroatoms. The Morgan fingerprint density at radius 1 is 0.476 bits per heavy atom. The molecule has 1 aliphatic heterocycles. The van der Waals surface area contributed by atoms with Gasteiger partial charge in [-0.05, 0) is 46.6 Å². The fraction of sp³-hybridized carbons (Fsp3) is 0.0256. The van der Waals surface area contributed by atoms with Gasteiger partial charge in [-0.2, -0.15) is 0 Å². The van der Waals surface area contributed by atoms with Crippen molar-refractivity contribution < 1.29 is 4.68 Å². The van der Waals surface area contributed by atoms with Crippen molar-refractivity contribution >= 4 is 38.9 Å². The molecule has 8 rings (SSSR count). The van der Waals surface area contributed by atoms with Crippen LogP contribution in [0.2, 0.25) is 0 Å². The molecule has 1 unspecified atom stereocenters. The predicted octanol–water partition coefficient (Wildman–Crippen LogP) is 9.12. The van der Waals surface area contributed by atoms with E-state index in [4.69, 9.17) is 5.10 Å². The molecule has 3 nitrogen and oxygen atoms in total. The third-order valence-corrected chi connectivity index (χ3v) is 8.19. The number of para-hydroxylation sites is 2. The van der Waals surface area contributed by atoms with E-state index in [1.165, 1.54) is 27.4 Å². The lowest BCUT2D eigenvalue weighted by atomic mass is 9.84. The molecule has 0 bridgehead atoms. The summed E-state index contributed by atoms with van der Waals surface area (Å²) in [5.41, 5.74) is 10.3. The van der Waals surface area contributed by atoms with Crippen LogP contribution in [0, 0.1) is 0 Å². The van der Waals surface area contributed by atoms with Crippen LogP contribution in [0.4, 0.5) is 5.69 Å². The maximum Gasteiger partial charge on any atom is 0.238 e. The highest BCUT2D eigenvalue weighted by atomic mass is 15.4. The summed E-state index contributed by atoms with van der Waals surface area (Å²) in [6, 6.07) is 58.0. The van der Waals surface area contributed by atoms with Crippen molar-refractivity contribution in [3.63, 3.8) is 0 Å². The van der Waals surface area contributed by atoms with E-state index in [1.54, 1.807) is 0 Å². The Balaban J connectivity index is 1.33. The monoisotopic (exact) mass is 538 g/mol. The molecule has 0 radical (unpaired) electrons. The SMILES string of the molecule is c1ccc(C2=N[N+](c3ccc(-n4c5ccccc5c5ccccc54)cc3)=C(c3ccccc3)C2c2ccccc2)cc1. The number of rotatable bonds is 5. The molecule has 1 atom stereocenters. The number of hydrazone groups is 1. The molecule has 0 saturated carbocycles. The van der Waals surface area contributed by atoms with E-state index < -0.39 is 0 Å². The van der Waals surface area contributed by atoms with Crippen molar-refractivity contribution in [2.45, 2.75) is 5.92 Å². The summed E-state index contributed by atoms with van der Waals surface area (Å²) in [5, 5.41) is 7.87.